The molecule has 2 rings (SSSR count). The van der Waals surface area contributed by atoms with E-state index in [1.165, 1.54) is 12.8 Å². The van der Waals surface area contributed by atoms with Gasteiger partial charge in [-0.2, -0.15) is 0 Å². The molecule has 1 aliphatic heterocycles. The minimum Gasteiger partial charge on any atom is -0.466 e. The van der Waals surface area contributed by atoms with Crippen molar-refractivity contribution in [1.82, 2.24) is 10.6 Å². The lowest BCUT2D eigenvalue weighted by Gasteiger charge is -2.30. The van der Waals surface area contributed by atoms with Gasteiger partial charge in [-0.25, -0.2) is 0 Å². The Kier molecular flexibility index (Phi) is 7.34. The quantitative estimate of drug-likeness (QED) is 0.735. The SMILES string of the molecule is CCOC(=O)C1CCC(NC(=O)CC(C)C2CCCNC2)CC1. The lowest BCUT2D eigenvalue weighted by Crippen LogP contribution is -2.41. The van der Waals surface area contributed by atoms with E-state index in [1.54, 1.807) is 0 Å². The molecule has 5 heteroatoms. The summed E-state index contributed by atoms with van der Waals surface area (Å²) in [5.41, 5.74) is 0. The van der Waals surface area contributed by atoms with Crippen LogP contribution in [0.1, 0.15) is 58.8 Å². The Labute approximate surface area is 139 Å². The average molecular weight is 324 g/mol. The maximum atomic E-state index is 12.3. The molecule has 0 aromatic carbocycles. The molecule has 0 aromatic rings. The minimum atomic E-state index is -0.0734. The average Bonchev–Trinajstić information content (AvgIpc) is 2.56. The van der Waals surface area contributed by atoms with Crippen LogP contribution >= 0.6 is 0 Å². The molecule has 0 bridgehead atoms. The van der Waals surface area contributed by atoms with Crippen LogP contribution in [-0.4, -0.2) is 37.6 Å². The van der Waals surface area contributed by atoms with Gasteiger partial charge in [0.15, 0.2) is 0 Å². The van der Waals surface area contributed by atoms with E-state index in [0.717, 1.165) is 38.8 Å². The van der Waals surface area contributed by atoms with E-state index in [1.807, 2.05) is 6.92 Å². The summed E-state index contributed by atoms with van der Waals surface area (Å²) in [6, 6.07) is 0.227. The molecule has 2 N–H and O–H groups in total. The summed E-state index contributed by atoms with van der Waals surface area (Å²) in [4.78, 5) is 24.0. The van der Waals surface area contributed by atoms with Crippen molar-refractivity contribution in [3.05, 3.63) is 0 Å². The predicted octanol–water partition coefficient (Wildman–Crippen LogP) is 2.25. The normalized spacial score (nSPS) is 29.6. The van der Waals surface area contributed by atoms with Crippen molar-refractivity contribution >= 4 is 11.9 Å². The third kappa shape index (κ3) is 5.79. The van der Waals surface area contributed by atoms with Crippen LogP contribution in [-0.2, 0) is 14.3 Å². The first-order valence-corrected chi connectivity index (χ1v) is 9.26. The fraction of sp³-hybridized carbons (Fsp3) is 0.889. The molecule has 1 amide bonds. The molecule has 1 heterocycles. The largest absolute Gasteiger partial charge is 0.466 e. The van der Waals surface area contributed by atoms with Crippen molar-refractivity contribution in [3.63, 3.8) is 0 Å². The van der Waals surface area contributed by atoms with Gasteiger partial charge in [-0.05, 0) is 70.4 Å². The molecule has 0 aromatic heterocycles. The molecule has 2 unspecified atom stereocenters. The van der Waals surface area contributed by atoms with Crippen LogP contribution in [0.5, 0.6) is 0 Å². The van der Waals surface area contributed by atoms with Gasteiger partial charge < -0.3 is 15.4 Å². The smallest absolute Gasteiger partial charge is 0.308 e. The first-order chi connectivity index (χ1) is 11.1. The topological polar surface area (TPSA) is 67.4 Å². The van der Waals surface area contributed by atoms with Gasteiger partial charge in [0.05, 0.1) is 12.5 Å². The van der Waals surface area contributed by atoms with Crippen LogP contribution in [0.15, 0.2) is 0 Å². The maximum absolute atomic E-state index is 12.3. The van der Waals surface area contributed by atoms with Gasteiger partial charge in [0.25, 0.3) is 0 Å². The Hall–Kier alpha value is -1.10. The number of ether oxygens (including phenoxy) is 1. The molecule has 1 saturated carbocycles. The minimum absolute atomic E-state index is 0.0235. The van der Waals surface area contributed by atoms with Crippen molar-refractivity contribution in [2.75, 3.05) is 19.7 Å². The highest BCUT2D eigenvalue weighted by Gasteiger charge is 2.29. The number of nitrogens with one attached hydrogen (secondary N) is 2. The molecule has 1 aliphatic carbocycles. The lowest BCUT2D eigenvalue weighted by atomic mass is 9.84. The fourth-order valence-electron chi connectivity index (χ4n) is 3.84. The number of carbonyl (C=O) groups excluding carboxylic acids is 2. The van der Waals surface area contributed by atoms with E-state index in [2.05, 4.69) is 17.6 Å². The molecule has 2 aliphatic rings. The van der Waals surface area contributed by atoms with Crippen LogP contribution in [0.25, 0.3) is 0 Å². The molecular weight excluding hydrogens is 292 g/mol. The molecule has 23 heavy (non-hydrogen) atoms. The van der Waals surface area contributed by atoms with E-state index in [0.29, 0.717) is 24.9 Å². The molecule has 5 nitrogen and oxygen atoms in total. The molecule has 1 saturated heterocycles. The monoisotopic (exact) mass is 324 g/mol. The Morgan fingerprint density at radius 1 is 1.22 bits per heavy atom. The first-order valence-electron chi connectivity index (χ1n) is 9.26. The van der Waals surface area contributed by atoms with E-state index in [-0.39, 0.29) is 23.8 Å². The third-order valence-electron chi connectivity index (χ3n) is 5.36. The van der Waals surface area contributed by atoms with Gasteiger partial charge in [0.2, 0.25) is 5.91 Å². The molecule has 0 radical (unpaired) electrons. The summed E-state index contributed by atoms with van der Waals surface area (Å²) >= 11 is 0. The van der Waals surface area contributed by atoms with Crippen LogP contribution < -0.4 is 10.6 Å². The second-order valence-corrected chi connectivity index (χ2v) is 7.16. The number of rotatable bonds is 6. The zero-order valence-corrected chi connectivity index (χ0v) is 14.6. The van der Waals surface area contributed by atoms with Crippen LogP contribution in [0.2, 0.25) is 0 Å². The van der Waals surface area contributed by atoms with Gasteiger partial charge in [-0.15, -0.1) is 0 Å². The Morgan fingerprint density at radius 3 is 2.57 bits per heavy atom. The predicted molar refractivity (Wildman–Crippen MR) is 89.9 cm³/mol. The van der Waals surface area contributed by atoms with E-state index < -0.39 is 0 Å². The first kappa shape index (κ1) is 18.2. The second-order valence-electron chi connectivity index (χ2n) is 7.16. The molecular formula is C18H32N2O3. The van der Waals surface area contributed by atoms with Crippen molar-refractivity contribution in [2.24, 2.45) is 17.8 Å². The van der Waals surface area contributed by atoms with Gasteiger partial charge in [0.1, 0.15) is 0 Å². The summed E-state index contributed by atoms with van der Waals surface area (Å²) in [5, 5.41) is 6.59. The maximum Gasteiger partial charge on any atom is 0.308 e. The van der Waals surface area contributed by atoms with Gasteiger partial charge in [0, 0.05) is 12.5 Å². The van der Waals surface area contributed by atoms with Gasteiger partial charge >= 0.3 is 5.97 Å². The van der Waals surface area contributed by atoms with Crippen molar-refractivity contribution < 1.29 is 14.3 Å². The van der Waals surface area contributed by atoms with Crippen molar-refractivity contribution in [3.8, 4) is 0 Å². The van der Waals surface area contributed by atoms with E-state index in [9.17, 15) is 9.59 Å². The number of esters is 1. The highest BCUT2D eigenvalue weighted by atomic mass is 16.5. The summed E-state index contributed by atoms with van der Waals surface area (Å²) in [6.45, 7) is 6.63. The summed E-state index contributed by atoms with van der Waals surface area (Å²) in [7, 11) is 0. The van der Waals surface area contributed by atoms with E-state index >= 15 is 0 Å². The van der Waals surface area contributed by atoms with Crippen LogP contribution in [0.4, 0.5) is 0 Å². The Balaban J connectivity index is 1.67. The third-order valence-corrected chi connectivity index (χ3v) is 5.36. The van der Waals surface area contributed by atoms with Gasteiger partial charge in [-0.1, -0.05) is 6.92 Å². The summed E-state index contributed by atoms with van der Waals surface area (Å²) in [6.07, 6.45) is 6.48. The number of piperidine rings is 1. The van der Waals surface area contributed by atoms with Crippen LogP contribution in [0, 0.1) is 17.8 Å². The zero-order chi connectivity index (χ0) is 16.7. The zero-order valence-electron chi connectivity index (χ0n) is 14.6. The number of amides is 1. The van der Waals surface area contributed by atoms with Crippen molar-refractivity contribution in [1.29, 1.82) is 0 Å². The standard InChI is InChI=1S/C18H32N2O3/c1-3-23-18(22)14-6-8-16(9-7-14)20-17(21)11-13(2)15-5-4-10-19-12-15/h13-16,19H,3-12H2,1-2H3,(H,20,21). The highest BCUT2D eigenvalue weighted by molar-refractivity contribution is 5.76. The van der Waals surface area contributed by atoms with Crippen molar-refractivity contribution in [2.45, 2.75) is 64.8 Å². The summed E-state index contributed by atoms with van der Waals surface area (Å²) in [5.74, 6) is 1.17. The van der Waals surface area contributed by atoms with E-state index in [4.69, 9.17) is 4.74 Å². The molecule has 132 valence electrons. The Morgan fingerprint density at radius 2 is 1.96 bits per heavy atom. The number of hydrogen-bond donors (Lipinski definition) is 2. The fourth-order valence-corrected chi connectivity index (χ4v) is 3.84. The molecule has 2 atom stereocenters. The van der Waals surface area contributed by atoms with Gasteiger partial charge in [-0.3, -0.25) is 9.59 Å². The number of hydrogen-bond acceptors (Lipinski definition) is 4. The lowest BCUT2D eigenvalue weighted by molar-refractivity contribution is -0.149. The molecule has 2 fully saturated rings. The summed E-state index contributed by atoms with van der Waals surface area (Å²) < 4.78 is 5.09. The second kappa shape index (κ2) is 9.26. The highest BCUT2D eigenvalue weighted by Crippen LogP contribution is 2.26. The molecule has 0 spiro atoms. The van der Waals surface area contributed by atoms with Crippen LogP contribution in [0.3, 0.4) is 0 Å². The Bertz CT molecular complexity index is 386. The number of carbonyl (C=O) groups is 2.